The van der Waals surface area contributed by atoms with E-state index in [9.17, 15) is 4.79 Å². The first kappa shape index (κ1) is 12.4. The van der Waals surface area contributed by atoms with Gasteiger partial charge in [-0.3, -0.25) is 4.79 Å². The molecule has 100 valence electrons. The van der Waals surface area contributed by atoms with Crippen LogP contribution in [0.25, 0.3) is 11.0 Å². The van der Waals surface area contributed by atoms with Gasteiger partial charge in [-0.1, -0.05) is 30.3 Å². The van der Waals surface area contributed by atoms with Gasteiger partial charge >= 0.3 is 0 Å². The van der Waals surface area contributed by atoms with Crippen LogP contribution in [-0.4, -0.2) is 15.5 Å². The number of carbonyl (C=O) groups excluding carboxylic acids is 1. The summed E-state index contributed by atoms with van der Waals surface area (Å²) in [5, 5.41) is 2.89. The minimum Gasteiger partial charge on any atom is -0.345 e. The first-order chi connectivity index (χ1) is 9.75. The minimum absolute atomic E-state index is 0.0855. The van der Waals surface area contributed by atoms with Crippen LogP contribution in [0, 0.1) is 0 Å². The molecule has 3 rings (SSSR count). The first-order valence-electron chi connectivity index (χ1n) is 6.49. The van der Waals surface area contributed by atoms with Gasteiger partial charge in [-0.05, 0) is 24.3 Å². The Morgan fingerprint density at radius 2 is 1.80 bits per heavy atom. The van der Waals surface area contributed by atoms with Gasteiger partial charge in [0.2, 0.25) is 0 Å². The van der Waals surface area contributed by atoms with Crippen molar-refractivity contribution in [3.8, 4) is 0 Å². The van der Waals surface area contributed by atoms with E-state index < -0.39 is 0 Å². The van der Waals surface area contributed by atoms with Crippen molar-refractivity contribution in [3.05, 3.63) is 66.0 Å². The van der Waals surface area contributed by atoms with Crippen LogP contribution in [0.4, 0.5) is 0 Å². The summed E-state index contributed by atoms with van der Waals surface area (Å²) >= 11 is 0. The highest BCUT2D eigenvalue weighted by Crippen LogP contribution is 2.14. The summed E-state index contributed by atoms with van der Waals surface area (Å²) in [7, 11) is 1.96. The second-order valence-corrected chi connectivity index (χ2v) is 4.62. The van der Waals surface area contributed by atoms with Crippen molar-refractivity contribution in [3.63, 3.8) is 0 Å². The standard InChI is InChI=1S/C16H15N3O/c1-19-14-10-6-5-9-13(14)18-15(19)11-17-16(20)12-7-3-2-4-8-12/h2-10H,11H2,1H3,(H,17,20). The number of amides is 1. The maximum Gasteiger partial charge on any atom is 0.251 e. The predicted octanol–water partition coefficient (Wildman–Crippen LogP) is 2.50. The summed E-state index contributed by atoms with van der Waals surface area (Å²) in [5.41, 5.74) is 2.67. The number of imidazole rings is 1. The van der Waals surface area contributed by atoms with Gasteiger partial charge in [0.15, 0.2) is 0 Å². The van der Waals surface area contributed by atoms with E-state index in [1.807, 2.05) is 54.1 Å². The minimum atomic E-state index is -0.0855. The highest BCUT2D eigenvalue weighted by atomic mass is 16.1. The molecule has 0 bridgehead atoms. The fourth-order valence-corrected chi connectivity index (χ4v) is 2.20. The number of nitrogens with zero attached hydrogens (tertiary/aromatic N) is 2. The Labute approximate surface area is 117 Å². The zero-order valence-electron chi connectivity index (χ0n) is 11.2. The quantitative estimate of drug-likeness (QED) is 0.791. The molecule has 3 aromatic rings. The fourth-order valence-electron chi connectivity index (χ4n) is 2.20. The molecule has 1 amide bonds. The van der Waals surface area contributed by atoms with Crippen LogP contribution in [0.3, 0.4) is 0 Å². The Kier molecular flexibility index (Phi) is 3.21. The summed E-state index contributed by atoms with van der Waals surface area (Å²) in [6.07, 6.45) is 0. The molecule has 1 aromatic heterocycles. The SMILES string of the molecule is Cn1c(CNC(=O)c2ccccc2)nc2ccccc21. The Morgan fingerprint density at radius 1 is 1.10 bits per heavy atom. The fraction of sp³-hybridized carbons (Fsp3) is 0.125. The van der Waals surface area contributed by atoms with E-state index in [1.54, 1.807) is 12.1 Å². The molecule has 0 fully saturated rings. The van der Waals surface area contributed by atoms with Gasteiger partial charge in [-0.15, -0.1) is 0 Å². The number of fused-ring (bicyclic) bond motifs is 1. The zero-order valence-corrected chi connectivity index (χ0v) is 11.2. The van der Waals surface area contributed by atoms with Crippen molar-refractivity contribution in [2.75, 3.05) is 0 Å². The average Bonchev–Trinajstić information content (AvgIpc) is 2.83. The number of carbonyl (C=O) groups is 1. The monoisotopic (exact) mass is 265 g/mol. The average molecular weight is 265 g/mol. The summed E-state index contributed by atoms with van der Waals surface area (Å²) in [5.74, 6) is 0.758. The lowest BCUT2D eigenvalue weighted by molar-refractivity contribution is 0.0949. The molecule has 0 aliphatic heterocycles. The summed E-state index contributed by atoms with van der Waals surface area (Å²) in [6.45, 7) is 0.416. The third-order valence-corrected chi connectivity index (χ3v) is 3.32. The normalized spacial score (nSPS) is 10.7. The molecule has 0 atom stereocenters. The molecule has 4 heteroatoms. The van der Waals surface area contributed by atoms with Crippen LogP contribution in [0.5, 0.6) is 0 Å². The Morgan fingerprint density at radius 3 is 2.55 bits per heavy atom. The number of nitrogens with one attached hydrogen (secondary N) is 1. The molecule has 4 nitrogen and oxygen atoms in total. The molecule has 0 spiro atoms. The van der Waals surface area contributed by atoms with Crippen molar-refractivity contribution in [1.29, 1.82) is 0 Å². The van der Waals surface area contributed by atoms with Gasteiger partial charge in [0, 0.05) is 12.6 Å². The summed E-state index contributed by atoms with van der Waals surface area (Å²) in [6, 6.07) is 17.1. The van der Waals surface area contributed by atoms with E-state index in [2.05, 4.69) is 10.3 Å². The number of aryl methyl sites for hydroxylation is 1. The van der Waals surface area contributed by atoms with Gasteiger partial charge in [0.25, 0.3) is 5.91 Å². The van der Waals surface area contributed by atoms with Crippen LogP contribution >= 0.6 is 0 Å². The van der Waals surface area contributed by atoms with Crippen molar-refractivity contribution in [2.24, 2.45) is 7.05 Å². The molecular weight excluding hydrogens is 250 g/mol. The number of para-hydroxylation sites is 2. The molecule has 0 saturated carbocycles. The van der Waals surface area contributed by atoms with E-state index in [4.69, 9.17) is 0 Å². The molecule has 20 heavy (non-hydrogen) atoms. The first-order valence-corrected chi connectivity index (χ1v) is 6.49. The van der Waals surface area contributed by atoms with E-state index in [1.165, 1.54) is 0 Å². The lowest BCUT2D eigenvalue weighted by Crippen LogP contribution is -2.24. The Bertz CT molecular complexity index is 747. The zero-order chi connectivity index (χ0) is 13.9. The molecule has 1 heterocycles. The second kappa shape index (κ2) is 5.17. The van der Waals surface area contributed by atoms with E-state index in [0.29, 0.717) is 12.1 Å². The lowest BCUT2D eigenvalue weighted by Gasteiger charge is -2.05. The molecule has 0 unspecified atom stereocenters. The summed E-state index contributed by atoms with van der Waals surface area (Å²) < 4.78 is 2.00. The van der Waals surface area contributed by atoms with Crippen LogP contribution < -0.4 is 5.32 Å². The number of benzene rings is 2. The van der Waals surface area contributed by atoms with Crippen LogP contribution in [0.1, 0.15) is 16.2 Å². The van der Waals surface area contributed by atoms with Gasteiger partial charge < -0.3 is 9.88 Å². The van der Waals surface area contributed by atoms with Crippen molar-refractivity contribution in [1.82, 2.24) is 14.9 Å². The predicted molar refractivity (Wildman–Crippen MR) is 78.3 cm³/mol. The molecule has 2 aromatic carbocycles. The molecule has 1 N–H and O–H groups in total. The Hall–Kier alpha value is -2.62. The molecule has 0 aliphatic rings. The maximum absolute atomic E-state index is 12.0. The third-order valence-electron chi connectivity index (χ3n) is 3.32. The van der Waals surface area contributed by atoms with Crippen molar-refractivity contribution in [2.45, 2.75) is 6.54 Å². The Balaban J connectivity index is 1.77. The molecular formula is C16H15N3O. The van der Waals surface area contributed by atoms with Crippen molar-refractivity contribution < 1.29 is 4.79 Å². The number of hydrogen-bond acceptors (Lipinski definition) is 2. The topological polar surface area (TPSA) is 46.9 Å². The molecule has 0 aliphatic carbocycles. The largest absolute Gasteiger partial charge is 0.345 e. The van der Waals surface area contributed by atoms with Crippen molar-refractivity contribution >= 4 is 16.9 Å². The van der Waals surface area contributed by atoms with Gasteiger partial charge in [-0.2, -0.15) is 0 Å². The second-order valence-electron chi connectivity index (χ2n) is 4.62. The molecule has 0 radical (unpaired) electrons. The highest BCUT2D eigenvalue weighted by molar-refractivity contribution is 5.94. The van der Waals surface area contributed by atoms with E-state index in [-0.39, 0.29) is 5.91 Å². The highest BCUT2D eigenvalue weighted by Gasteiger charge is 2.09. The van der Waals surface area contributed by atoms with Crippen LogP contribution in [0.15, 0.2) is 54.6 Å². The van der Waals surface area contributed by atoms with E-state index in [0.717, 1.165) is 16.9 Å². The number of rotatable bonds is 3. The van der Waals surface area contributed by atoms with Gasteiger partial charge in [-0.25, -0.2) is 4.98 Å². The third kappa shape index (κ3) is 2.28. The lowest BCUT2D eigenvalue weighted by atomic mass is 10.2. The number of aromatic nitrogens is 2. The number of hydrogen-bond donors (Lipinski definition) is 1. The van der Waals surface area contributed by atoms with Gasteiger partial charge in [0.1, 0.15) is 5.82 Å². The van der Waals surface area contributed by atoms with E-state index >= 15 is 0 Å². The molecule has 0 saturated heterocycles. The smallest absolute Gasteiger partial charge is 0.251 e. The van der Waals surface area contributed by atoms with Crippen LogP contribution in [-0.2, 0) is 13.6 Å². The maximum atomic E-state index is 12.0. The summed E-state index contributed by atoms with van der Waals surface area (Å²) in [4.78, 5) is 16.5. The van der Waals surface area contributed by atoms with Gasteiger partial charge in [0.05, 0.1) is 17.6 Å². The van der Waals surface area contributed by atoms with Crippen LogP contribution in [0.2, 0.25) is 0 Å².